The van der Waals surface area contributed by atoms with Gasteiger partial charge >= 0.3 is 5.97 Å². The van der Waals surface area contributed by atoms with Crippen LogP contribution in [0.3, 0.4) is 0 Å². The lowest BCUT2D eigenvalue weighted by Crippen LogP contribution is -2.19. The Bertz CT molecular complexity index is 622. The number of sulfonamides is 1. The van der Waals surface area contributed by atoms with Crippen LogP contribution in [0, 0.1) is 5.82 Å². The summed E-state index contributed by atoms with van der Waals surface area (Å²) in [5.74, 6) is -1.55. The third-order valence-electron chi connectivity index (χ3n) is 3.51. The number of primary sulfonamides is 1. The summed E-state index contributed by atoms with van der Waals surface area (Å²) in [7, 11) is -4.07. The van der Waals surface area contributed by atoms with Crippen molar-refractivity contribution in [1.29, 1.82) is 0 Å². The molecule has 0 atom stereocenters. The van der Waals surface area contributed by atoms with Gasteiger partial charge in [0.25, 0.3) is 0 Å². The van der Waals surface area contributed by atoms with Gasteiger partial charge < -0.3 is 4.74 Å². The van der Waals surface area contributed by atoms with Crippen LogP contribution in [0.1, 0.15) is 48.9 Å². The molecule has 2 rings (SSSR count). The van der Waals surface area contributed by atoms with Gasteiger partial charge in [0.05, 0.1) is 10.5 Å². The third-order valence-corrected chi connectivity index (χ3v) is 4.40. The molecule has 116 valence electrons. The fourth-order valence-electron chi connectivity index (χ4n) is 2.42. The van der Waals surface area contributed by atoms with Gasteiger partial charge in [-0.15, -0.1) is 0 Å². The number of hydrogen-bond acceptors (Lipinski definition) is 4. The van der Waals surface area contributed by atoms with Crippen molar-refractivity contribution in [1.82, 2.24) is 0 Å². The van der Waals surface area contributed by atoms with Crippen molar-refractivity contribution in [3.8, 4) is 0 Å². The summed E-state index contributed by atoms with van der Waals surface area (Å²) < 4.78 is 41.3. The van der Waals surface area contributed by atoms with Crippen molar-refractivity contribution in [2.24, 2.45) is 5.14 Å². The molecule has 0 spiro atoms. The van der Waals surface area contributed by atoms with E-state index in [9.17, 15) is 17.6 Å². The molecule has 1 aromatic carbocycles. The molecule has 7 heteroatoms. The number of halogens is 1. The largest absolute Gasteiger partial charge is 0.459 e. The monoisotopic (exact) mass is 315 g/mol. The van der Waals surface area contributed by atoms with Crippen LogP contribution >= 0.6 is 0 Å². The van der Waals surface area contributed by atoms with E-state index in [1.807, 2.05) is 0 Å². The average Bonchev–Trinajstić information content (AvgIpc) is 2.65. The first kappa shape index (κ1) is 15.9. The predicted molar refractivity (Wildman–Crippen MR) is 74.7 cm³/mol. The molecule has 0 aliphatic heterocycles. The molecule has 0 unspecified atom stereocenters. The fourth-order valence-corrected chi connectivity index (χ4v) is 2.99. The highest BCUT2D eigenvalue weighted by molar-refractivity contribution is 7.89. The SMILES string of the molecule is NS(=O)(=O)c1cc(F)cc(C(=O)OC2CCCCCC2)c1. The molecule has 1 aliphatic carbocycles. The van der Waals surface area contributed by atoms with Gasteiger partial charge in [-0.25, -0.2) is 22.7 Å². The van der Waals surface area contributed by atoms with Crippen LogP contribution in [0.15, 0.2) is 23.1 Å². The predicted octanol–water partition coefficient (Wildman–Crippen LogP) is 2.35. The standard InChI is InChI=1S/C14H18FNO4S/c15-11-7-10(8-13(9-11)21(16,18)19)14(17)20-12-5-3-1-2-4-6-12/h7-9,12H,1-6H2,(H2,16,18,19). The summed E-state index contributed by atoms with van der Waals surface area (Å²) in [6, 6.07) is 2.77. The van der Waals surface area contributed by atoms with Gasteiger partial charge in [-0.1, -0.05) is 12.8 Å². The highest BCUT2D eigenvalue weighted by Crippen LogP contribution is 2.22. The van der Waals surface area contributed by atoms with Crippen molar-refractivity contribution in [3.05, 3.63) is 29.6 Å². The maximum Gasteiger partial charge on any atom is 0.338 e. The molecule has 2 N–H and O–H groups in total. The lowest BCUT2D eigenvalue weighted by molar-refractivity contribution is 0.0266. The van der Waals surface area contributed by atoms with E-state index in [2.05, 4.69) is 0 Å². The second-order valence-electron chi connectivity index (χ2n) is 5.24. The Labute approximate surface area is 123 Å². The molecular formula is C14H18FNO4S. The molecule has 0 saturated heterocycles. The van der Waals surface area contributed by atoms with Gasteiger partial charge in [0, 0.05) is 0 Å². The molecule has 21 heavy (non-hydrogen) atoms. The van der Waals surface area contributed by atoms with E-state index in [1.165, 1.54) is 0 Å². The van der Waals surface area contributed by atoms with E-state index in [1.54, 1.807) is 0 Å². The maximum absolute atomic E-state index is 13.4. The van der Waals surface area contributed by atoms with Crippen molar-refractivity contribution < 1.29 is 22.3 Å². The third kappa shape index (κ3) is 4.50. The number of benzene rings is 1. The quantitative estimate of drug-likeness (QED) is 0.685. The zero-order chi connectivity index (χ0) is 15.5. The Morgan fingerprint density at radius 3 is 2.33 bits per heavy atom. The van der Waals surface area contributed by atoms with Gasteiger partial charge in [-0.05, 0) is 43.9 Å². The van der Waals surface area contributed by atoms with Crippen LogP contribution in [0.2, 0.25) is 0 Å². The minimum Gasteiger partial charge on any atom is -0.459 e. The van der Waals surface area contributed by atoms with Crippen molar-refractivity contribution in [2.75, 3.05) is 0 Å². The fraction of sp³-hybridized carbons (Fsp3) is 0.500. The van der Waals surface area contributed by atoms with Gasteiger partial charge in [-0.3, -0.25) is 0 Å². The van der Waals surface area contributed by atoms with E-state index < -0.39 is 26.7 Å². The van der Waals surface area contributed by atoms with Crippen LogP contribution in [0.25, 0.3) is 0 Å². The summed E-state index contributed by atoms with van der Waals surface area (Å²) in [6.07, 6.45) is 5.58. The summed E-state index contributed by atoms with van der Waals surface area (Å²) in [5, 5.41) is 4.95. The number of carbonyl (C=O) groups is 1. The van der Waals surface area contributed by atoms with Gasteiger partial charge in [0.15, 0.2) is 0 Å². The summed E-state index contributed by atoms with van der Waals surface area (Å²) in [4.78, 5) is 11.6. The van der Waals surface area contributed by atoms with Gasteiger partial charge in [0.2, 0.25) is 10.0 Å². The molecule has 1 aliphatic rings. The number of esters is 1. The highest BCUT2D eigenvalue weighted by atomic mass is 32.2. The summed E-state index contributed by atoms with van der Waals surface area (Å²) in [6.45, 7) is 0. The Morgan fingerprint density at radius 1 is 1.14 bits per heavy atom. The zero-order valence-electron chi connectivity index (χ0n) is 11.5. The normalized spacial score (nSPS) is 17.2. The molecule has 0 radical (unpaired) electrons. The van der Waals surface area contributed by atoms with Crippen molar-refractivity contribution >= 4 is 16.0 Å². The molecular weight excluding hydrogens is 297 g/mol. The van der Waals surface area contributed by atoms with E-state index in [4.69, 9.17) is 9.88 Å². The van der Waals surface area contributed by atoms with Gasteiger partial charge in [0.1, 0.15) is 11.9 Å². The van der Waals surface area contributed by atoms with Crippen molar-refractivity contribution in [2.45, 2.75) is 49.5 Å². The highest BCUT2D eigenvalue weighted by Gasteiger charge is 2.20. The zero-order valence-corrected chi connectivity index (χ0v) is 12.4. The first-order valence-corrected chi connectivity index (χ1v) is 8.45. The van der Waals surface area contributed by atoms with Crippen LogP contribution in [0.5, 0.6) is 0 Å². The summed E-state index contributed by atoms with van der Waals surface area (Å²) >= 11 is 0. The number of hydrogen-bond donors (Lipinski definition) is 1. The summed E-state index contributed by atoms with van der Waals surface area (Å²) in [5.41, 5.74) is -0.136. The van der Waals surface area contributed by atoms with E-state index >= 15 is 0 Å². The second kappa shape index (κ2) is 6.53. The lowest BCUT2D eigenvalue weighted by atomic mass is 10.1. The molecule has 1 fully saturated rings. The minimum atomic E-state index is -4.07. The molecule has 0 aromatic heterocycles. The smallest absolute Gasteiger partial charge is 0.338 e. The molecule has 5 nitrogen and oxygen atoms in total. The number of carbonyl (C=O) groups excluding carboxylic acids is 1. The van der Waals surface area contributed by atoms with Gasteiger partial charge in [-0.2, -0.15) is 0 Å². The minimum absolute atomic E-state index is 0.136. The van der Waals surface area contributed by atoms with Crippen LogP contribution in [0.4, 0.5) is 4.39 Å². The number of nitrogens with two attached hydrogens (primary N) is 1. The van der Waals surface area contributed by atoms with E-state index in [-0.39, 0.29) is 11.7 Å². The average molecular weight is 315 g/mol. The molecule has 0 heterocycles. The Morgan fingerprint density at radius 2 is 1.76 bits per heavy atom. The topological polar surface area (TPSA) is 86.5 Å². The van der Waals surface area contributed by atoms with Crippen molar-refractivity contribution in [3.63, 3.8) is 0 Å². The second-order valence-corrected chi connectivity index (χ2v) is 6.80. The van der Waals surface area contributed by atoms with Crippen LogP contribution < -0.4 is 5.14 Å². The molecule has 0 amide bonds. The number of ether oxygens (including phenoxy) is 1. The molecule has 0 bridgehead atoms. The number of rotatable bonds is 3. The Balaban J connectivity index is 2.17. The lowest BCUT2D eigenvalue weighted by Gasteiger charge is -2.15. The first-order chi connectivity index (χ1) is 9.86. The first-order valence-electron chi connectivity index (χ1n) is 6.90. The van der Waals surface area contributed by atoms with E-state index in [0.29, 0.717) is 0 Å². The van der Waals surface area contributed by atoms with Crippen LogP contribution in [-0.2, 0) is 14.8 Å². The van der Waals surface area contributed by atoms with E-state index in [0.717, 1.165) is 56.7 Å². The van der Waals surface area contributed by atoms with Crippen LogP contribution in [-0.4, -0.2) is 20.5 Å². The Kier molecular flexibility index (Phi) is 4.95. The molecule has 1 saturated carbocycles. The maximum atomic E-state index is 13.4. The Hall–Kier alpha value is -1.47. The molecule has 1 aromatic rings.